The van der Waals surface area contributed by atoms with Gasteiger partial charge in [0.05, 0.1) is 16.6 Å². The average molecular weight is 273 g/mol. The number of benzene rings is 2. The van der Waals surface area contributed by atoms with E-state index in [1.807, 2.05) is 25.1 Å². The largest absolute Gasteiger partial charge is 0.399 e. The minimum Gasteiger partial charge on any atom is -0.399 e. The van der Waals surface area contributed by atoms with Crippen LogP contribution in [0, 0.1) is 20.8 Å². The van der Waals surface area contributed by atoms with Crippen LogP contribution in [-0.4, -0.2) is 4.21 Å². The van der Waals surface area contributed by atoms with E-state index in [0.29, 0.717) is 11.4 Å². The van der Waals surface area contributed by atoms with E-state index < -0.39 is 10.8 Å². The number of hydrogen-bond donors (Lipinski definition) is 1. The molecular formula is C16H19NOS. The molecule has 0 saturated heterocycles. The fraction of sp³-hybridized carbons (Fsp3) is 0.250. The molecule has 1 atom stereocenters. The lowest BCUT2D eigenvalue weighted by Crippen LogP contribution is -2.00. The molecule has 2 N–H and O–H groups in total. The molecule has 0 bridgehead atoms. The van der Waals surface area contributed by atoms with E-state index in [0.717, 1.165) is 16.0 Å². The molecule has 2 aromatic carbocycles. The second-order valence-electron chi connectivity index (χ2n) is 5.01. The molecular weight excluding hydrogens is 254 g/mol. The molecule has 0 heterocycles. The fourth-order valence-electron chi connectivity index (χ4n) is 2.31. The molecule has 19 heavy (non-hydrogen) atoms. The van der Waals surface area contributed by atoms with Crippen LogP contribution < -0.4 is 5.73 Å². The molecule has 3 heteroatoms. The molecule has 0 spiro atoms. The van der Waals surface area contributed by atoms with Gasteiger partial charge in [0.1, 0.15) is 0 Å². The molecule has 2 aromatic rings. The van der Waals surface area contributed by atoms with Gasteiger partial charge in [-0.25, -0.2) is 0 Å². The van der Waals surface area contributed by atoms with Crippen LogP contribution in [0.25, 0.3) is 0 Å². The number of anilines is 1. The molecule has 0 radical (unpaired) electrons. The zero-order chi connectivity index (χ0) is 14.0. The third-order valence-electron chi connectivity index (χ3n) is 3.02. The first-order chi connectivity index (χ1) is 8.95. The Labute approximate surface area is 117 Å². The van der Waals surface area contributed by atoms with E-state index in [-0.39, 0.29) is 0 Å². The van der Waals surface area contributed by atoms with Gasteiger partial charge in [-0.2, -0.15) is 0 Å². The Morgan fingerprint density at radius 2 is 1.63 bits per heavy atom. The quantitative estimate of drug-likeness (QED) is 0.870. The van der Waals surface area contributed by atoms with Crippen molar-refractivity contribution in [1.82, 2.24) is 0 Å². The summed E-state index contributed by atoms with van der Waals surface area (Å²) in [6.07, 6.45) is 0. The summed E-state index contributed by atoms with van der Waals surface area (Å²) in [4.78, 5) is 0.869. The summed E-state index contributed by atoms with van der Waals surface area (Å²) < 4.78 is 12.4. The number of hydrogen-bond acceptors (Lipinski definition) is 2. The predicted molar refractivity (Wildman–Crippen MR) is 81.6 cm³/mol. The minimum atomic E-state index is -1.03. The number of rotatable bonds is 3. The van der Waals surface area contributed by atoms with Crippen molar-refractivity contribution in [2.24, 2.45) is 0 Å². The fourth-order valence-corrected chi connectivity index (χ4v) is 3.57. The Morgan fingerprint density at radius 3 is 2.21 bits per heavy atom. The Kier molecular flexibility index (Phi) is 4.05. The molecule has 0 aliphatic rings. The smallest absolute Gasteiger partial charge is 0.0576 e. The molecule has 0 aliphatic heterocycles. The second-order valence-corrected chi connectivity index (χ2v) is 6.43. The summed E-state index contributed by atoms with van der Waals surface area (Å²) in [7, 11) is -1.03. The van der Waals surface area contributed by atoms with Crippen molar-refractivity contribution < 1.29 is 4.21 Å². The van der Waals surface area contributed by atoms with Crippen LogP contribution in [0.4, 0.5) is 5.69 Å². The van der Waals surface area contributed by atoms with Gasteiger partial charge in [0.25, 0.3) is 0 Å². The Hall–Kier alpha value is -1.61. The van der Waals surface area contributed by atoms with Crippen LogP contribution in [0.3, 0.4) is 0 Å². The van der Waals surface area contributed by atoms with Gasteiger partial charge in [-0.05, 0) is 50.1 Å². The molecule has 2 rings (SSSR count). The van der Waals surface area contributed by atoms with E-state index in [4.69, 9.17) is 5.73 Å². The topological polar surface area (TPSA) is 43.1 Å². The minimum absolute atomic E-state index is 0.549. The van der Waals surface area contributed by atoms with Gasteiger partial charge in [-0.1, -0.05) is 29.3 Å². The van der Waals surface area contributed by atoms with Gasteiger partial charge in [0.2, 0.25) is 0 Å². The maximum atomic E-state index is 12.4. The molecule has 100 valence electrons. The van der Waals surface area contributed by atoms with Gasteiger partial charge in [-0.15, -0.1) is 0 Å². The standard InChI is InChI=1S/C16H19NOS/c1-11-6-12(2)8-14(7-11)10-19(18)16-5-4-15(17)9-13(16)3/h4-9H,10,17H2,1-3H3. The lowest BCUT2D eigenvalue weighted by molar-refractivity contribution is 0.682. The van der Waals surface area contributed by atoms with Crippen LogP contribution in [-0.2, 0) is 16.6 Å². The lowest BCUT2D eigenvalue weighted by atomic mass is 10.1. The van der Waals surface area contributed by atoms with Crippen LogP contribution in [0.2, 0.25) is 0 Å². The zero-order valence-electron chi connectivity index (χ0n) is 11.6. The predicted octanol–water partition coefficient (Wildman–Crippen LogP) is 3.50. The first kappa shape index (κ1) is 13.8. The first-order valence-electron chi connectivity index (χ1n) is 6.27. The average Bonchev–Trinajstić information content (AvgIpc) is 2.26. The van der Waals surface area contributed by atoms with E-state index in [2.05, 4.69) is 32.0 Å². The summed E-state index contributed by atoms with van der Waals surface area (Å²) in [5.41, 5.74) is 11.0. The highest BCUT2D eigenvalue weighted by molar-refractivity contribution is 7.84. The molecule has 0 amide bonds. The number of nitrogen functional groups attached to an aromatic ring is 1. The molecule has 2 nitrogen and oxygen atoms in total. The monoisotopic (exact) mass is 273 g/mol. The Balaban J connectivity index is 2.25. The summed E-state index contributed by atoms with van der Waals surface area (Å²) >= 11 is 0. The van der Waals surface area contributed by atoms with Crippen LogP contribution in [0.15, 0.2) is 41.3 Å². The summed E-state index contributed by atoms with van der Waals surface area (Å²) in [5, 5.41) is 0. The highest BCUT2D eigenvalue weighted by Gasteiger charge is 2.09. The van der Waals surface area contributed by atoms with Crippen molar-refractivity contribution in [2.45, 2.75) is 31.4 Å². The van der Waals surface area contributed by atoms with Gasteiger partial charge in [0, 0.05) is 10.6 Å². The first-order valence-corrected chi connectivity index (χ1v) is 7.59. The van der Waals surface area contributed by atoms with E-state index >= 15 is 0 Å². The highest BCUT2D eigenvalue weighted by Crippen LogP contribution is 2.20. The van der Waals surface area contributed by atoms with Crippen LogP contribution in [0.5, 0.6) is 0 Å². The maximum Gasteiger partial charge on any atom is 0.0576 e. The molecule has 1 unspecified atom stereocenters. The molecule has 0 aromatic heterocycles. The Bertz CT molecular complexity index is 614. The van der Waals surface area contributed by atoms with Crippen molar-refractivity contribution >= 4 is 16.5 Å². The van der Waals surface area contributed by atoms with Crippen LogP contribution in [0.1, 0.15) is 22.3 Å². The molecule has 0 fully saturated rings. The van der Waals surface area contributed by atoms with Gasteiger partial charge in [-0.3, -0.25) is 4.21 Å². The Morgan fingerprint density at radius 1 is 1.00 bits per heavy atom. The van der Waals surface area contributed by atoms with Crippen molar-refractivity contribution in [3.8, 4) is 0 Å². The van der Waals surface area contributed by atoms with Crippen molar-refractivity contribution in [3.05, 3.63) is 58.7 Å². The summed E-state index contributed by atoms with van der Waals surface area (Å²) in [6, 6.07) is 11.9. The molecule has 0 aliphatic carbocycles. The van der Waals surface area contributed by atoms with Crippen molar-refractivity contribution in [2.75, 3.05) is 5.73 Å². The summed E-state index contributed by atoms with van der Waals surface area (Å²) in [5.74, 6) is 0.549. The van der Waals surface area contributed by atoms with Crippen molar-refractivity contribution in [1.29, 1.82) is 0 Å². The van der Waals surface area contributed by atoms with Gasteiger partial charge < -0.3 is 5.73 Å². The summed E-state index contributed by atoms with van der Waals surface area (Å²) in [6.45, 7) is 6.08. The van der Waals surface area contributed by atoms with E-state index in [1.165, 1.54) is 11.1 Å². The normalized spacial score (nSPS) is 12.4. The number of nitrogens with two attached hydrogens (primary N) is 1. The second kappa shape index (κ2) is 5.57. The van der Waals surface area contributed by atoms with Gasteiger partial charge in [0.15, 0.2) is 0 Å². The zero-order valence-corrected chi connectivity index (χ0v) is 12.4. The number of aryl methyl sites for hydroxylation is 3. The van der Waals surface area contributed by atoms with Crippen molar-refractivity contribution in [3.63, 3.8) is 0 Å². The molecule has 0 saturated carbocycles. The third-order valence-corrected chi connectivity index (χ3v) is 4.57. The SMILES string of the molecule is Cc1cc(C)cc(CS(=O)c2ccc(N)cc2C)c1. The van der Waals surface area contributed by atoms with E-state index in [9.17, 15) is 4.21 Å². The van der Waals surface area contributed by atoms with Gasteiger partial charge >= 0.3 is 0 Å². The van der Waals surface area contributed by atoms with E-state index in [1.54, 1.807) is 0 Å². The third kappa shape index (κ3) is 3.44. The highest BCUT2D eigenvalue weighted by atomic mass is 32.2. The maximum absolute atomic E-state index is 12.4. The lowest BCUT2D eigenvalue weighted by Gasteiger charge is -2.08. The van der Waals surface area contributed by atoms with Crippen LogP contribution >= 0.6 is 0 Å².